The Kier molecular flexibility index (Phi) is 9.90. The SMILES string of the molecule is CCCCCCCCCCCC(=O)CC(=O)C1(C)C=CC=CC1C. The van der Waals surface area contributed by atoms with E-state index in [0.29, 0.717) is 6.42 Å². The van der Waals surface area contributed by atoms with Crippen molar-refractivity contribution in [2.75, 3.05) is 0 Å². The summed E-state index contributed by atoms with van der Waals surface area (Å²) in [5.74, 6) is 0.339. The van der Waals surface area contributed by atoms with Crippen molar-refractivity contribution in [2.24, 2.45) is 11.3 Å². The van der Waals surface area contributed by atoms with Gasteiger partial charge in [0.2, 0.25) is 0 Å². The summed E-state index contributed by atoms with van der Waals surface area (Å²) in [6.07, 6.45) is 19.8. The largest absolute Gasteiger partial charge is 0.299 e. The lowest BCUT2D eigenvalue weighted by Gasteiger charge is -2.31. The standard InChI is InChI=1S/C22H36O2/c1-4-5-6-7-8-9-10-11-12-16-20(23)18-21(24)22(3)17-14-13-15-19(22)2/h13-15,17,19H,4-12,16,18H2,1-3H3. The molecule has 0 aliphatic heterocycles. The molecule has 24 heavy (non-hydrogen) atoms. The van der Waals surface area contributed by atoms with E-state index in [1.807, 2.05) is 38.2 Å². The fourth-order valence-corrected chi connectivity index (χ4v) is 3.28. The highest BCUT2D eigenvalue weighted by atomic mass is 16.1. The Bertz CT molecular complexity index is 447. The van der Waals surface area contributed by atoms with Crippen LogP contribution in [-0.4, -0.2) is 11.6 Å². The molecule has 0 fully saturated rings. The van der Waals surface area contributed by atoms with Gasteiger partial charge in [0.25, 0.3) is 0 Å². The van der Waals surface area contributed by atoms with Crippen LogP contribution in [0.2, 0.25) is 0 Å². The minimum Gasteiger partial charge on any atom is -0.299 e. The fraction of sp³-hybridized carbons (Fsp3) is 0.727. The molecule has 2 nitrogen and oxygen atoms in total. The van der Waals surface area contributed by atoms with Crippen molar-refractivity contribution in [2.45, 2.75) is 91.4 Å². The molecule has 1 aliphatic carbocycles. The monoisotopic (exact) mass is 332 g/mol. The van der Waals surface area contributed by atoms with Crippen LogP contribution in [0.15, 0.2) is 24.3 Å². The van der Waals surface area contributed by atoms with Gasteiger partial charge in [0, 0.05) is 6.42 Å². The number of allylic oxidation sites excluding steroid dienone is 4. The zero-order valence-corrected chi connectivity index (χ0v) is 16.0. The Morgan fingerprint density at radius 1 is 0.917 bits per heavy atom. The van der Waals surface area contributed by atoms with E-state index >= 15 is 0 Å². The fourth-order valence-electron chi connectivity index (χ4n) is 3.28. The molecule has 0 aromatic heterocycles. The topological polar surface area (TPSA) is 34.1 Å². The van der Waals surface area contributed by atoms with Gasteiger partial charge in [-0.05, 0) is 19.3 Å². The van der Waals surface area contributed by atoms with Gasteiger partial charge in [0.05, 0.1) is 11.8 Å². The summed E-state index contributed by atoms with van der Waals surface area (Å²) in [4.78, 5) is 24.6. The molecule has 0 saturated carbocycles. The molecule has 0 aromatic carbocycles. The molecule has 0 N–H and O–H groups in total. The number of hydrogen-bond acceptors (Lipinski definition) is 2. The Morgan fingerprint density at radius 2 is 1.50 bits per heavy atom. The lowest BCUT2D eigenvalue weighted by Crippen LogP contribution is -2.34. The first-order chi connectivity index (χ1) is 11.5. The zero-order valence-electron chi connectivity index (χ0n) is 16.0. The van der Waals surface area contributed by atoms with Crippen LogP contribution in [0, 0.1) is 11.3 Å². The lowest BCUT2D eigenvalue weighted by atomic mass is 9.71. The van der Waals surface area contributed by atoms with Gasteiger partial charge in [-0.25, -0.2) is 0 Å². The molecule has 0 saturated heterocycles. The van der Waals surface area contributed by atoms with Gasteiger partial charge in [-0.1, -0.05) is 89.5 Å². The summed E-state index contributed by atoms with van der Waals surface area (Å²) in [7, 11) is 0. The number of rotatable bonds is 13. The second-order valence-corrected chi connectivity index (χ2v) is 7.53. The Hall–Kier alpha value is -1.18. The molecule has 2 atom stereocenters. The summed E-state index contributed by atoms with van der Waals surface area (Å²) in [6, 6.07) is 0. The van der Waals surface area contributed by atoms with Crippen LogP contribution in [0.5, 0.6) is 0 Å². The van der Waals surface area contributed by atoms with E-state index in [9.17, 15) is 9.59 Å². The molecule has 1 aliphatic rings. The maximum absolute atomic E-state index is 12.5. The molecule has 0 heterocycles. The third kappa shape index (κ3) is 7.15. The molecule has 2 unspecified atom stereocenters. The number of carbonyl (C=O) groups is 2. The first-order valence-electron chi connectivity index (χ1n) is 9.91. The summed E-state index contributed by atoms with van der Waals surface area (Å²) in [5, 5.41) is 0. The van der Waals surface area contributed by atoms with Crippen LogP contribution < -0.4 is 0 Å². The summed E-state index contributed by atoms with van der Waals surface area (Å²) < 4.78 is 0. The highest BCUT2D eigenvalue weighted by molar-refractivity contribution is 6.02. The number of Topliss-reactive ketones (excluding diaryl/α,β-unsaturated/α-hetero) is 2. The summed E-state index contributed by atoms with van der Waals surface area (Å²) in [6.45, 7) is 6.23. The van der Waals surface area contributed by atoms with Crippen LogP contribution in [0.1, 0.15) is 91.4 Å². The molecular weight excluding hydrogens is 296 g/mol. The van der Waals surface area contributed by atoms with E-state index in [4.69, 9.17) is 0 Å². The molecule has 0 aromatic rings. The number of carbonyl (C=O) groups excluding carboxylic acids is 2. The molecule has 0 spiro atoms. The van der Waals surface area contributed by atoms with Gasteiger partial charge in [-0.2, -0.15) is 0 Å². The Balaban J connectivity index is 2.13. The number of unbranched alkanes of at least 4 members (excludes halogenated alkanes) is 8. The van der Waals surface area contributed by atoms with Gasteiger partial charge in [-0.3, -0.25) is 9.59 Å². The minimum atomic E-state index is -0.511. The molecule has 0 amide bonds. The average Bonchev–Trinajstić information content (AvgIpc) is 2.56. The quantitative estimate of drug-likeness (QED) is 0.297. The van der Waals surface area contributed by atoms with Crippen LogP contribution in [-0.2, 0) is 9.59 Å². The first-order valence-corrected chi connectivity index (χ1v) is 9.91. The van der Waals surface area contributed by atoms with Crippen molar-refractivity contribution in [3.05, 3.63) is 24.3 Å². The predicted molar refractivity (Wildman–Crippen MR) is 102 cm³/mol. The molecule has 0 radical (unpaired) electrons. The number of ketones is 2. The second kappa shape index (κ2) is 11.4. The van der Waals surface area contributed by atoms with Crippen molar-refractivity contribution in [3.63, 3.8) is 0 Å². The first kappa shape index (κ1) is 20.9. The van der Waals surface area contributed by atoms with Crippen molar-refractivity contribution < 1.29 is 9.59 Å². The van der Waals surface area contributed by atoms with E-state index in [2.05, 4.69) is 6.92 Å². The van der Waals surface area contributed by atoms with Gasteiger partial charge in [0.15, 0.2) is 0 Å². The molecular formula is C22H36O2. The Morgan fingerprint density at radius 3 is 2.08 bits per heavy atom. The molecule has 1 rings (SSSR count). The second-order valence-electron chi connectivity index (χ2n) is 7.53. The van der Waals surface area contributed by atoms with E-state index in [-0.39, 0.29) is 23.9 Å². The maximum Gasteiger partial charge on any atom is 0.150 e. The normalized spacial score (nSPS) is 22.7. The van der Waals surface area contributed by atoms with Crippen LogP contribution in [0.25, 0.3) is 0 Å². The highest BCUT2D eigenvalue weighted by Crippen LogP contribution is 2.35. The lowest BCUT2D eigenvalue weighted by molar-refractivity contribution is -0.132. The average molecular weight is 333 g/mol. The van der Waals surface area contributed by atoms with Gasteiger partial charge in [0.1, 0.15) is 11.6 Å². The van der Waals surface area contributed by atoms with E-state index < -0.39 is 5.41 Å². The Labute approximate surface area is 148 Å². The highest BCUT2D eigenvalue weighted by Gasteiger charge is 2.36. The third-order valence-electron chi connectivity index (χ3n) is 5.42. The predicted octanol–water partition coefficient (Wildman–Crippen LogP) is 6.20. The van der Waals surface area contributed by atoms with E-state index in [0.717, 1.165) is 12.8 Å². The molecule has 2 heteroatoms. The summed E-state index contributed by atoms with van der Waals surface area (Å²) >= 11 is 0. The van der Waals surface area contributed by atoms with Crippen molar-refractivity contribution >= 4 is 11.6 Å². The van der Waals surface area contributed by atoms with Crippen molar-refractivity contribution in [1.29, 1.82) is 0 Å². The number of hydrogen-bond donors (Lipinski definition) is 0. The van der Waals surface area contributed by atoms with Crippen molar-refractivity contribution in [1.82, 2.24) is 0 Å². The van der Waals surface area contributed by atoms with Crippen molar-refractivity contribution in [3.8, 4) is 0 Å². The maximum atomic E-state index is 12.5. The van der Waals surface area contributed by atoms with E-state index in [1.165, 1.54) is 44.9 Å². The zero-order chi connectivity index (χ0) is 17.8. The van der Waals surface area contributed by atoms with Crippen LogP contribution >= 0.6 is 0 Å². The molecule has 136 valence electrons. The minimum absolute atomic E-state index is 0.0662. The van der Waals surface area contributed by atoms with Crippen LogP contribution in [0.3, 0.4) is 0 Å². The molecule has 0 bridgehead atoms. The van der Waals surface area contributed by atoms with E-state index in [1.54, 1.807) is 0 Å². The van der Waals surface area contributed by atoms with Crippen LogP contribution in [0.4, 0.5) is 0 Å². The van der Waals surface area contributed by atoms with Gasteiger partial charge >= 0.3 is 0 Å². The smallest absolute Gasteiger partial charge is 0.150 e. The van der Waals surface area contributed by atoms with Gasteiger partial charge in [-0.15, -0.1) is 0 Å². The third-order valence-corrected chi connectivity index (χ3v) is 5.42. The van der Waals surface area contributed by atoms with Gasteiger partial charge < -0.3 is 0 Å². The summed E-state index contributed by atoms with van der Waals surface area (Å²) in [5.41, 5.74) is -0.511.